The van der Waals surface area contributed by atoms with Crippen LogP contribution in [0.3, 0.4) is 0 Å². The van der Waals surface area contributed by atoms with Crippen molar-refractivity contribution in [2.45, 2.75) is 0 Å². The molecule has 14 rings (SSSR count). The summed E-state index contributed by atoms with van der Waals surface area (Å²) in [6.07, 6.45) is 0. The minimum absolute atomic E-state index is 0.700. The van der Waals surface area contributed by atoms with Crippen molar-refractivity contribution < 1.29 is 0 Å². The van der Waals surface area contributed by atoms with E-state index in [1.807, 2.05) is 36.4 Å². The molecule has 0 aliphatic carbocycles. The zero-order chi connectivity index (χ0) is 44.7. The fraction of sp³-hybridized carbons (Fsp3) is 0. The minimum atomic E-state index is 0.700. The number of rotatable bonds is 7. The highest BCUT2D eigenvalue weighted by Gasteiger charge is 2.18. The largest absolute Gasteiger partial charge is 0.228 e. The van der Waals surface area contributed by atoms with Crippen molar-refractivity contribution in [2.75, 3.05) is 0 Å². The first kappa shape index (κ1) is 38.2. The molecule has 0 atom stereocenters. The van der Waals surface area contributed by atoms with Crippen LogP contribution in [-0.4, -0.2) is 19.9 Å². The molecular weight excluding hydrogens is 825 g/mol. The molecule has 0 saturated carbocycles. The van der Waals surface area contributed by atoms with Crippen molar-refractivity contribution in [1.29, 1.82) is 0 Å². The maximum Gasteiger partial charge on any atom is 0.160 e. The van der Waals surface area contributed by atoms with Gasteiger partial charge in [0.2, 0.25) is 0 Å². The van der Waals surface area contributed by atoms with Crippen molar-refractivity contribution >= 4 is 64.6 Å². The molecule has 12 aromatic carbocycles. The van der Waals surface area contributed by atoms with E-state index in [2.05, 4.69) is 194 Å². The monoisotopic (exact) mass is 862 g/mol. The Morgan fingerprint density at radius 3 is 0.926 bits per heavy atom. The van der Waals surface area contributed by atoms with E-state index in [1.165, 1.54) is 64.6 Å². The Labute approximate surface area is 392 Å². The fourth-order valence-electron chi connectivity index (χ4n) is 10.5. The molecule has 2 heterocycles. The Kier molecular flexibility index (Phi) is 8.55. The van der Waals surface area contributed by atoms with E-state index < -0.39 is 0 Å². The molecule has 0 aliphatic heterocycles. The van der Waals surface area contributed by atoms with Gasteiger partial charge in [-0.2, -0.15) is 0 Å². The van der Waals surface area contributed by atoms with Crippen LogP contribution >= 0.6 is 0 Å². The van der Waals surface area contributed by atoms with Crippen molar-refractivity contribution in [2.24, 2.45) is 0 Å². The third-order valence-electron chi connectivity index (χ3n) is 13.8. The second-order valence-corrected chi connectivity index (χ2v) is 17.7. The van der Waals surface area contributed by atoms with Crippen LogP contribution in [0.2, 0.25) is 0 Å². The number of nitrogens with zero attached hydrogens (tertiary/aromatic N) is 4. The van der Waals surface area contributed by atoms with E-state index in [9.17, 15) is 0 Å². The summed E-state index contributed by atoms with van der Waals surface area (Å²) >= 11 is 0. The quantitative estimate of drug-likeness (QED) is 0.150. The molecule has 0 unspecified atom stereocenters. The van der Waals surface area contributed by atoms with Gasteiger partial charge in [0.25, 0.3) is 0 Å². The third kappa shape index (κ3) is 6.23. The topological polar surface area (TPSA) is 51.6 Å². The Morgan fingerprint density at radius 2 is 0.529 bits per heavy atom. The van der Waals surface area contributed by atoms with Gasteiger partial charge >= 0.3 is 0 Å². The van der Waals surface area contributed by atoms with Crippen LogP contribution < -0.4 is 0 Å². The maximum atomic E-state index is 5.24. The lowest BCUT2D eigenvalue weighted by atomic mass is 9.91. The molecule has 68 heavy (non-hydrogen) atoms. The molecule has 4 nitrogen and oxygen atoms in total. The smallest absolute Gasteiger partial charge is 0.160 e. The standard InChI is InChI=1S/C64H38N4/c1-3-9-49(10-4-1)63-65-55(37-57(67-63)51-33-29-47-27-25-43-13-7-15-45-31-35-53(51)61(47)59(43)45)41-21-17-39(18-22-41)40-19-23-42(24-20-40)56-38-58(68-64(66-56)50-11-5-2-6-12-50)52-34-30-48-28-26-44-14-8-16-46-32-36-54(52)62(48)60(44)46/h1-38H. The van der Waals surface area contributed by atoms with E-state index in [1.54, 1.807) is 0 Å². The number of hydrogen-bond donors (Lipinski definition) is 0. The Hall–Kier alpha value is -9.12. The van der Waals surface area contributed by atoms with Crippen molar-refractivity contribution in [3.8, 4) is 78.9 Å². The molecule has 0 fully saturated rings. The first-order chi connectivity index (χ1) is 33.7. The molecule has 4 heteroatoms. The molecular formula is C64H38N4. The molecule has 2 aromatic heterocycles. The van der Waals surface area contributed by atoms with Gasteiger partial charge in [0.1, 0.15) is 0 Å². The third-order valence-corrected chi connectivity index (χ3v) is 13.8. The van der Waals surface area contributed by atoms with Gasteiger partial charge < -0.3 is 0 Å². The molecule has 0 radical (unpaired) electrons. The summed E-state index contributed by atoms with van der Waals surface area (Å²) in [5, 5.41) is 15.0. The molecule has 0 amide bonds. The van der Waals surface area contributed by atoms with E-state index in [0.29, 0.717) is 11.6 Å². The second-order valence-electron chi connectivity index (χ2n) is 17.7. The summed E-state index contributed by atoms with van der Waals surface area (Å²) < 4.78 is 0. The lowest BCUT2D eigenvalue weighted by molar-refractivity contribution is 1.18. The average Bonchev–Trinajstić information content (AvgIpc) is 3.42. The van der Waals surface area contributed by atoms with Gasteiger partial charge in [-0.05, 0) is 87.9 Å². The molecule has 0 bridgehead atoms. The molecule has 0 saturated heterocycles. The van der Waals surface area contributed by atoms with Crippen LogP contribution in [-0.2, 0) is 0 Å². The molecule has 314 valence electrons. The van der Waals surface area contributed by atoms with Gasteiger partial charge in [-0.15, -0.1) is 0 Å². The Morgan fingerprint density at radius 1 is 0.206 bits per heavy atom. The van der Waals surface area contributed by atoms with Crippen LogP contribution in [0.25, 0.3) is 144 Å². The number of hydrogen-bond acceptors (Lipinski definition) is 4. The highest BCUT2D eigenvalue weighted by atomic mass is 14.9. The van der Waals surface area contributed by atoms with Crippen LogP contribution in [0.4, 0.5) is 0 Å². The van der Waals surface area contributed by atoms with Gasteiger partial charge in [0.05, 0.1) is 22.8 Å². The van der Waals surface area contributed by atoms with E-state index in [0.717, 1.165) is 67.3 Å². The highest BCUT2D eigenvalue weighted by molar-refractivity contribution is 6.26. The molecule has 0 spiro atoms. The van der Waals surface area contributed by atoms with Gasteiger partial charge in [-0.3, -0.25) is 0 Å². The first-order valence-electron chi connectivity index (χ1n) is 23.1. The Balaban J connectivity index is 0.832. The molecule has 0 aliphatic rings. The predicted octanol–water partition coefficient (Wildman–Crippen LogP) is 16.7. The van der Waals surface area contributed by atoms with E-state index in [-0.39, 0.29) is 0 Å². The minimum Gasteiger partial charge on any atom is -0.228 e. The fourth-order valence-corrected chi connectivity index (χ4v) is 10.5. The summed E-state index contributed by atoms with van der Waals surface area (Å²) in [7, 11) is 0. The molecule has 14 aromatic rings. The van der Waals surface area contributed by atoms with Crippen molar-refractivity contribution in [3.05, 3.63) is 231 Å². The summed E-state index contributed by atoms with van der Waals surface area (Å²) in [5.74, 6) is 1.40. The van der Waals surface area contributed by atoms with Crippen molar-refractivity contribution in [3.63, 3.8) is 0 Å². The van der Waals surface area contributed by atoms with Gasteiger partial charge in [0, 0.05) is 33.4 Å². The number of aromatic nitrogens is 4. The van der Waals surface area contributed by atoms with Crippen LogP contribution in [0.1, 0.15) is 0 Å². The van der Waals surface area contributed by atoms with Crippen LogP contribution in [0.5, 0.6) is 0 Å². The lowest BCUT2D eigenvalue weighted by Gasteiger charge is -2.15. The zero-order valence-electron chi connectivity index (χ0n) is 36.7. The average molecular weight is 863 g/mol. The summed E-state index contributed by atoms with van der Waals surface area (Å²) in [5.41, 5.74) is 12.0. The van der Waals surface area contributed by atoms with Gasteiger partial charge in [-0.1, -0.05) is 218 Å². The zero-order valence-corrected chi connectivity index (χ0v) is 36.7. The Bertz CT molecular complexity index is 3910. The lowest BCUT2D eigenvalue weighted by Crippen LogP contribution is -1.97. The normalized spacial score (nSPS) is 11.8. The number of benzene rings is 12. The van der Waals surface area contributed by atoms with Crippen molar-refractivity contribution in [1.82, 2.24) is 19.9 Å². The van der Waals surface area contributed by atoms with Gasteiger partial charge in [-0.25, -0.2) is 19.9 Å². The second kappa shape index (κ2) is 15.2. The summed E-state index contributed by atoms with van der Waals surface area (Å²) in [6.45, 7) is 0. The first-order valence-corrected chi connectivity index (χ1v) is 23.1. The maximum absolute atomic E-state index is 5.24. The SMILES string of the molecule is c1ccc(-c2nc(-c3ccc(-c4ccc(-c5cc(-c6ccc7ccc8cccc9ccc6c7c89)nc(-c6ccccc6)n5)cc4)cc3)cc(-c3ccc4ccc5cccc6ccc3c4c56)n2)cc1. The summed E-state index contributed by atoms with van der Waals surface area (Å²) in [4.78, 5) is 20.8. The van der Waals surface area contributed by atoms with Gasteiger partial charge in [0.15, 0.2) is 11.6 Å². The van der Waals surface area contributed by atoms with E-state index in [4.69, 9.17) is 19.9 Å². The van der Waals surface area contributed by atoms with Crippen LogP contribution in [0, 0.1) is 0 Å². The summed E-state index contributed by atoms with van der Waals surface area (Å²) in [6, 6.07) is 82.2. The van der Waals surface area contributed by atoms with E-state index >= 15 is 0 Å². The van der Waals surface area contributed by atoms with Crippen LogP contribution in [0.15, 0.2) is 231 Å². The highest BCUT2D eigenvalue weighted by Crippen LogP contribution is 2.42. The predicted molar refractivity (Wildman–Crippen MR) is 283 cm³/mol. The molecule has 0 N–H and O–H groups in total.